The number of nitrogens with zero attached hydrogens (tertiary/aromatic N) is 1. The molecule has 21 heavy (non-hydrogen) atoms. The van der Waals surface area contributed by atoms with E-state index in [9.17, 15) is 14.4 Å². The Hall–Kier alpha value is -2.82. The molecule has 1 heterocycles. The fourth-order valence-electron chi connectivity index (χ4n) is 1.86. The maximum atomic E-state index is 11.5. The van der Waals surface area contributed by atoms with Gasteiger partial charge in [0.2, 0.25) is 0 Å². The van der Waals surface area contributed by atoms with E-state index in [4.69, 9.17) is 5.11 Å². The highest BCUT2D eigenvalue weighted by Crippen LogP contribution is 2.22. The number of ketones is 2. The van der Waals surface area contributed by atoms with Crippen LogP contribution in [0.1, 0.15) is 45.2 Å². The molecule has 1 aromatic heterocycles. The normalized spacial score (nSPS) is 10.2. The van der Waals surface area contributed by atoms with Gasteiger partial charge in [-0.25, -0.2) is 9.78 Å². The number of Topliss-reactive ketones (excluding diaryl/α,β-unsaturated/α-hetero) is 2. The summed E-state index contributed by atoms with van der Waals surface area (Å²) in [7, 11) is 0. The first-order valence-corrected chi connectivity index (χ1v) is 6.26. The number of rotatable bonds is 4. The molecule has 2 rings (SSSR count). The Morgan fingerprint density at radius 3 is 1.71 bits per heavy atom. The van der Waals surface area contributed by atoms with Crippen molar-refractivity contribution < 1.29 is 19.5 Å². The van der Waals surface area contributed by atoms with Gasteiger partial charge in [-0.1, -0.05) is 12.1 Å². The van der Waals surface area contributed by atoms with Crippen LogP contribution < -0.4 is 0 Å². The summed E-state index contributed by atoms with van der Waals surface area (Å²) in [6.45, 7) is 2.76. The molecule has 0 atom stereocenters. The number of hydrogen-bond donors (Lipinski definition) is 1. The summed E-state index contributed by atoms with van der Waals surface area (Å²) in [4.78, 5) is 37.8. The monoisotopic (exact) mass is 283 g/mol. The number of carbonyl (C=O) groups excluding carboxylic acids is 2. The maximum Gasteiger partial charge on any atom is 0.335 e. The predicted molar refractivity (Wildman–Crippen MR) is 76.6 cm³/mol. The van der Waals surface area contributed by atoms with Crippen LogP contribution in [0.15, 0.2) is 36.4 Å². The van der Waals surface area contributed by atoms with E-state index < -0.39 is 5.97 Å². The Balaban J connectivity index is 2.54. The van der Waals surface area contributed by atoms with Crippen LogP contribution in [0.5, 0.6) is 0 Å². The highest BCUT2D eigenvalue weighted by molar-refractivity contribution is 5.98. The largest absolute Gasteiger partial charge is 0.478 e. The molecule has 1 N–H and O–H groups in total. The number of aromatic nitrogens is 1. The third-order valence-corrected chi connectivity index (χ3v) is 3.01. The Labute approximate surface area is 121 Å². The van der Waals surface area contributed by atoms with Gasteiger partial charge < -0.3 is 5.11 Å². The van der Waals surface area contributed by atoms with Gasteiger partial charge in [-0.15, -0.1) is 0 Å². The summed E-state index contributed by atoms with van der Waals surface area (Å²) in [5.41, 5.74) is 1.95. The zero-order valence-corrected chi connectivity index (χ0v) is 11.6. The topological polar surface area (TPSA) is 84.3 Å². The van der Waals surface area contributed by atoms with Crippen molar-refractivity contribution in [1.82, 2.24) is 4.98 Å². The lowest BCUT2D eigenvalue weighted by molar-refractivity contribution is 0.0696. The summed E-state index contributed by atoms with van der Waals surface area (Å²) < 4.78 is 0. The second kappa shape index (κ2) is 5.66. The van der Waals surface area contributed by atoms with E-state index in [1.165, 1.54) is 26.0 Å². The van der Waals surface area contributed by atoms with E-state index in [1.807, 2.05) is 0 Å². The highest BCUT2D eigenvalue weighted by Gasteiger charge is 2.11. The predicted octanol–water partition coefficient (Wildman–Crippen LogP) is 2.85. The summed E-state index contributed by atoms with van der Waals surface area (Å²) in [6.07, 6.45) is 0. The molecular weight excluding hydrogens is 270 g/mol. The molecule has 5 nitrogen and oxygen atoms in total. The second-order valence-electron chi connectivity index (χ2n) is 4.62. The molecule has 0 amide bonds. The van der Waals surface area contributed by atoms with Crippen molar-refractivity contribution in [2.75, 3.05) is 0 Å². The maximum absolute atomic E-state index is 11.5. The number of aromatic carboxylic acids is 1. The minimum Gasteiger partial charge on any atom is -0.478 e. The van der Waals surface area contributed by atoms with Gasteiger partial charge in [0, 0.05) is 13.8 Å². The van der Waals surface area contributed by atoms with Crippen LogP contribution in [0.25, 0.3) is 11.1 Å². The van der Waals surface area contributed by atoms with Crippen LogP contribution in [-0.2, 0) is 0 Å². The molecule has 0 aliphatic carbocycles. The standard InChI is InChI=1S/C16H13NO4/c1-9(18)14-7-13(8-15(17-14)10(2)19)11-3-5-12(6-4-11)16(20)21/h3-8H,1-2H3,(H,20,21). The van der Waals surface area contributed by atoms with Gasteiger partial charge in [-0.2, -0.15) is 0 Å². The van der Waals surface area contributed by atoms with E-state index in [0.29, 0.717) is 11.1 Å². The van der Waals surface area contributed by atoms with Crippen LogP contribution in [0.2, 0.25) is 0 Å². The Bertz CT molecular complexity index is 700. The van der Waals surface area contributed by atoms with E-state index >= 15 is 0 Å². The lowest BCUT2D eigenvalue weighted by Gasteiger charge is -2.06. The molecule has 2 aromatic rings. The highest BCUT2D eigenvalue weighted by atomic mass is 16.4. The Kier molecular flexibility index (Phi) is 3.93. The fourth-order valence-corrected chi connectivity index (χ4v) is 1.86. The minimum atomic E-state index is -1.01. The first-order chi connectivity index (χ1) is 9.88. The van der Waals surface area contributed by atoms with E-state index in [-0.39, 0.29) is 28.5 Å². The first-order valence-electron chi connectivity index (χ1n) is 6.26. The molecule has 0 saturated carbocycles. The average molecular weight is 283 g/mol. The summed E-state index contributed by atoms with van der Waals surface area (Å²) in [6, 6.07) is 9.38. The fraction of sp³-hybridized carbons (Fsp3) is 0.125. The molecule has 106 valence electrons. The van der Waals surface area contributed by atoms with E-state index in [0.717, 1.165) is 0 Å². The van der Waals surface area contributed by atoms with Crippen LogP contribution in [0.4, 0.5) is 0 Å². The van der Waals surface area contributed by atoms with E-state index in [1.54, 1.807) is 24.3 Å². The van der Waals surface area contributed by atoms with Crippen LogP contribution in [0, 0.1) is 0 Å². The molecule has 5 heteroatoms. The third-order valence-electron chi connectivity index (χ3n) is 3.01. The van der Waals surface area contributed by atoms with E-state index in [2.05, 4.69) is 4.98 Å². The summed E-state index contributed by atoms with van der Waals surface area (Å²) in [5.74, 6) is -1.48. The lowest BCUT2D eigenvalue weighted by Crippen LogP contribution is -2.04. The van der Waals surface area contributed by atoms with Gasteiger partial charge in [0.25, 0.3) is 0 Å². The first kappa shape index (κ1) is 14.6. The van der Waals surface area contributed by atoms with Crippen molar-refractivity contribution in [2.24, 2.45) is 0 Å². The van der Waals surface area contributed by atoms with Gasteiger partial charge in [-0.3, -0.25) is 9.59 Å². The quantitative estimate of drug-likeness (QED) is 0.872. The van der Waals surface area contributed by atoms with Gasteiger partial charge in [0.15, 0.2) is 11.6 Å². The number of carbonyl (C=O) groups is 3. The number of hydrogen-bond acceptors (Lipinski definition) is 4. The Morgan fingerprint density at radius 2 is 1.33 bits per heavy atom. The number of carboxylic acids is 1. The molecule has 0 fully saturated rings. The van der Waals surface area contributed by atoms with Crippen LogP contribution in [-0.4, -0.2) is 27.6 Å². The average Bonchev–Trinajstić information content (AvgIpc) is 2.46. The second-order valence-corrected chi connectivity index (χ2v) is 4.62. The number of pyridine rings is 1. The molecular formula is C16H13NO4. The third kappa shape index (κ3) is 3.20. The zero-order chi connectivity index (χ0) is 15.6. The smallest absolute Gasteiger partial charge is 0.335 e. The van der Waals surface area contributed by atoms with Crippen molar-refractivity contribution in [3.05, 3.63) is 53.3 Å². The van der Waals surface area contributed by atoms with Crippen molar-refractivity contribution in [3.8, 4) is 11.1 Å². The van der Waals surface area contributed by atoms with Crippen LogP contribution in [0.3, 0.4) is 0 Å². The van der Waals surface area contributed by atoms with Crippen molar-refractivity contribution in [3.63, 3.8) is 0 Å². The van der Waals surface area contributed by atoms with Crippen LogP contribution >= 0.6 is 0 Å². The van der Waals surface area contributed by atoms with Gasteiger partial charge >= 0.3 is 5.97 Å². The Morgan fingerprint density at radius 1 is 0.857 bits per heavy atom. The summed E-state index contributed by atoms with van der Waals surface area (Å²) >= 11 is 0. The van der Waals surface area contributed by atoms with Gasteiger partial charge in [0.1, 0.15) is 11.4 Å². The SMILES string of the molecule is CC(=O)c1cc(-c2ccc(C(=O)O)cc2)cc(C(C)=O)n1. The molecule has 0 aliphatic heterocycles. The molecule has 0 saturated heterocycles. The number of carboxylic acid groups (broad SMARTS) is 1. The van der Waals surface area contributed by atoms with Gasteiger partial charge in [-0.05, 0) is 35.4 Å². The minimum absolute atomic E-state index is 0.173. The molecule has 1 aromatic carbocycles. The number of benzene rings is 1. The van der Waals surface area contributed by atoms with Crippen molar-refractivity contribution >= 4 is 17.5 Å². The van der Waals surface area contributed by atoms with Crippen molar-refractivity contribution in [1.29, 1.82) is 0 Å². The summed E-state index contributed by atoms with van der Waals surface area (Å²) in [5, 5.41) is 8.88. The van der Waals surface area contributed by atoms with Gasteiger partial charge in [0.05, 0.1) is 5.56 Å². The molecule has 0 aliphatic rings. The van der Waals surface area contributed by atoms with Crippen molar-refractivity contribution in [2.45, 2.75) is 13.8 Å². The molecule has 0 unspecified atom stereocenters. The molecule has 0 radical (unpaired) electrons. The zero-order valence-electron chi connectivity index (χ0n) is 11.6. The lowest BCUT2D eigenvalue weighted by atomic mass is 10.0. The molecule has 0 spiro atoms. The molecule has 0 bridgehead atoms.